The van der Waals surface area contributed by atoms with Gasteiger partial charge < -0.3 is 10.2 Å². The molecule has 0 unspecified atom stereocenters. The summed E-state index contributed by atoms with van der Waals surface area (Å²) in [6, 6.07) is 0. The predicted molar refractivity (Wildman–Crippen MR) is 69.9 cm³/mol. The summed E-state index contributed by atoms with van der Waals surface area (Å²) in [4.78, 5) is 30.8. The van der Waals surface area contributed by atoms with Crippen molar-refractivity contribution >= 4 is 35.0 Å². The number of nitrogens with one attached hydrogen (secondary N) is 1. The van der Waals surface area contributed by atoms with Gasteiger partial charge in [-0.1, -0.05) is 11.8 Å². The van der Waals surface area contributed by atoms with Gasteiger partial charge >= 0.3 is 11.9 Å². The van der Waals surface area contributed by atoms with Crippen LogP contribution in [0, 0.1) is 6.92 Å². The van der Waals surface area contributed by atoms with Gasteiger partial charge in [-0.15, -0.1) is 11.3 Å². The average molecular weight is 304 g/mol. The van der Waals surface area contributed by atoms with Gasteiger partial charge in [-0.25, -0.2) is 9.78 Å². The fraction of sp³-hybridized carbons (Fsp3) is 0.300. The molecule has 0 aliphatic heterocycles. The molecule has 0 aromatic carbocycles. The van der Waals surface area contributed by atoms with Crippen molar-refractivity contribution in [2.24, 2.45) is 0 Å². The quantitative estimate of drug-likeness (QED) is 0.392. The molecule has 19 heavy (non-hydrogen) atoms. The number of aromatic nitrogens is 1. The fourth-order valence-corrected chi connectivity index (χ4v) is 3.07. The van der Waals surface area contributed by atoms with Crippen molar-refractivity contribution in [1.82, 2.24) is 10.5 Å². The lowest BCUT2D eigenvalue weighted by molar-refractivity contribution is -0.136. The van der Waals surface area contributed by atoms with Gasteiger partial charge in [0.2, 0.25) is 0 Å². The Balaban J connectivity index is 2.79. The Morgan fingerprint density at radius 3 is 2.74 bits per heavy atom. The first kappa shape index (κ1) is 15.5. The van der Waals surface area contributed by atoms with E-state index in [9.17, 15) is 9.59 Å². The maximum absolute atomic E-state index is 10.8. The Hall–Kier alpha value is -1.58. The molecule has 0 amide bonds. The Kier molecular flexibility index (Phi) is 5.80. The predicted octanol–water partition coefficient (Wildman–Crippen LogP) is 1.25. The number of hydroxylamine groups is 1. The SMILES string of the molecule is CONC(=CSc1nc(C)c(CC(=O)O)s1)C(=O)O. The van der Waals surface area contributed by atoms with Gasteiger partial charge in [0, 0.05) is 10.3 Å². The smallest absolute Gasteiger partial charge is 0.354 e. The maximum atomic E-state index is 10.8. The molecule has 104 valence electrons. The molecule has 0 bridgehead atoms. The number of aryl methyl sites for hydroxylation is 1. The first-order valence-electron chi connectivity index (χ1n) is 5.01. The highest BCUT2D eigenvalue weighted by molar-refractivity contribution is 8.03. The van der Waals surface area contributed by atoms with Crippen molar-refractivity contribution in [3.8, 4) is 0 Å². The van der Waals surface area contributed by atoms with Gasteiger partial charge in [-0.05, 0) is 6.92 Å². The lowest BCUT2D eigenvalue weighted by Crippen LogP contribution is -2.18. The summed E-state index contributed by atoms with van der Waals surface area (Å²) >= 11 is 2.31. The van der Waals surface area contributed by atoms with Crippen LogP contribution in [0.3, 0.4) is 0 Å². The number of carboxylic acid groups (broad SMARTS) is 2. The highest BCUT2D eigenvalue weighted by Crippen LogP contribution is 2.28. The van der Waals surface area contributed by atoms with E-state index < -0.39 is 11.9 Å². The lowest BCUT2D eigenvalue weighted by atomic mass is 10.3. The zero-order valence-electron chi connectivity index (χ0n) is 10.2. The van der Waals surface area contributed by atoms with Gasteiger partial charge in [0.25, 0.3) is 0 Å². The van der Waals surface area contributed by atoms with Crippen LogP contribution in [-0.2, 0) is 20.8 Å². The summed E-state index contributed by atoms with van der Waals surface area (Å²) in [6.45, 7) is 1.72. The monoisotopic (exact) mass is 304 g/mol. The summed E-state index contributed by atoms with van der Waals surface area (Å²) in [5, 5.41) is 18.9. The molecule has 0 spiro atoms. The molecule has 0 aliphatic carbocycles. The van der Waals surface area contributed by atoms with Crippen LogP contribution in [0.15, 0.2) is 15.4 Å². The van der Waals surface area contributed by atoms with Crippen molar-refractivity contribution < 1.29 is 24.6 Å². The molecule has 1 rings (SSSR count). The largest absolute Gasteiger partial charge is 0.481 e. The number of hydrogen-bond acceptors (Lipinski definition) is 7. The van der Waals surface area contributed by atoms with E-state index in [-0.39, 0.29) is 12.1 Å². The van der Waals surface area contributed by atoms with E-state index >= 15 is 0 Å². The normalized spacial score (nSPS) is 11.4. The number of carboxylic acids is 2. The van der Waals surface area contributed by atoms with Crippen LogP contribution < -0.4 is 5.48 Å². The van der Waals surface area contributed by atoms with E-state index in [4.69, 9.17) is 10.2 Å². The summed E-state index contributed by atoms with van der Waals surface area (Å²) in [7, 11) is 1.31. The number of thiazole rings is 1. The molecule has 3 N–H and O–H groups in total. The van der Waals surface area contributed by atoms with E-state index in [0.717, 1.165) is 11.8 Å². The molecular formula is C10H12N2O5S2. The van der Waals surface area contributed by atoms with Crippen molar-refractivity contribution in [2.45, 2.75) is 17.7 Å². The van der Waals surface area contributed by atoms with Crippen LogP contribution in [0.1, 0.15) is 10.6 Å². The molecule has 1 aromatic rings. The fourth-order valence-electron chi connectivity index (χ4n) is 1.09. The third kappa shape index (κ3) is 4.89. The second-order valence-electron chi connectivity index (χ2n) is 3.32. The Morgan fingerprint density at radius 1 is 1.53 bits per heavy atom. The molecule has 0 saturated heterocycles. The molecule has 0 fully saturated rings. The Morgan fingerprint density at radius 2 is 2.21 bits per heavy atom. The molecule has 0 saturated carbocycles. The zero-order valence-corrected chi connectivity index (χ0v) is 11.8. The van der Waals surface area contributed by atoms with Crippen LogP contribution in [0.2, 0.25) is 0 Å². The molecule has 9 heteroatoms. The third-order valence-electron chi connectivity index (χ3n) is 1.90. The standard InChI is InChI=1S/C10H12N2O5S2/c1-5-7(3-8(13)14)19-10(11-5)18-4-6(9(15)16)12-17-2/h4,12H,3H2,1-2H3,(H,13,14)(H,15,16). The van der Waals surface area contributed by atoms with Crippen molar-refractivity contribution in [2.75, 3.05) is 7.11 Å². The van der Waals surface area contributed by atoms with Gasteiger partial charge in [-0.3, -0.25) is 15.1 Å². The number of carbonyl (C=O) groups is 2. The second kappa shape index (κ2) is 7.12. The van der Waals surface area contributed by atoms with E-state index in [1.54, 1.807) is 6.92 Å². The number of thioether (sulfide) groups is 1. The molecular weight excluding hydrogens is 292 g/mol. The molecule has 0 radical (unpaired) electrons. The van der Waals surface area contributed by atoms with Gasteiger partial charge in [0.1, 0.15) is 0 Å². The molecule has 0 atom stereocenters. The van der Waals surface area contributed by atoms with Crippen LogP contribution in [0.5, 0.6) is 0 Å². The zero-order chi connectivity index (χ0) is 14.4. The van der Waals surface area contributed by atoms with Crippen LogP contribution >= 0.6 is 23.1 Å². The van der Waals surface area contributed by atoms with E-state index in [1.807, 2.05) is 0 Å². The molecule has 7 nitrogen and oxygen atoms in total. The topological polar surface area (TPSA) is 109 Å². The molecule has 1 aromatic heterocycles. The minimum Gasteiger partial charge on any atom is -0.481 e. The molecule has 1 heterocycles. The van der Waals surface area contributed by atoms with Crippen molar-refractivity contribution in [3.63, 3.8) is 0 Å². The number of aliphatic carboxylic acids is 2. The first-order valence-corrected chi connectivity index (χ1v) is 6.71. The highest BCUT2D eigenvalue weighted by atomic mass is 32.2. The first-order chi connectivity index (χ1) is 8.93. The van der Waals surface area contributed by atoms with Crippen LogP contribution in [0.25, 0.3) is 0 Å². The number of hydrogen-bond donors (Lipinski definition) is 3. The lowest BCUT2D eigenvalue weighted by Gasteiger charge is -2.01. The van der Waals surface area contributed by atoms with E-state index in [2.05, 4.69) is 15.3 Å². The third-order valence-corrected chi connectivity index (χ3v) is 4.04. The van der Waals surface area contributed by atoms with Gasteiger partial charge in [0.15, 0.2) is 10.0 Å². The minimum atomic E-state index is -1.16. The summed E-state index contributed by atoms with van der Waals surface area (Å²) in [6.07, 6.45) is -0.0874. The van der Waals surface area contributed by atoms with Crippen LogP contribution in [-0.4, -0.2) is 34.2 Å². The van der Waals surface area contributed by atoms with Crippen LogP contribution in [0.4, 0.5) is 0 Å². The van der Waals surface area contributed by atoms with E-state index in [1.165, 1.54) is 23.9 Å². The highest BCUT2D eigenvalue weighted by Gasteiger charge is 2.12. The van der Waals surface area contributed by atoms with Crippen molar-refractivity contribution in [1.29, 1.82) is 0 Å². The second-order valence-corrected chi connectivity index (χ2v) is 5.52. The maximum Gasteiger partial charge on any atom is 0.354 e. The van der Waals surface area contributed by atoms with Gasteiger partial charge in [-0.2, -0.15) is 0 Å². The Labute approximate surface area is 117 Å². The summed E-state index contributed by atoms with van der Waals surface area (Å²) in [5.74, 6) is -2.08. The number of rotatable bonds is 7. The summed E-state index contributed by atoms with van der Waals surface area (Å²) in [5.41, 5.74) is 2.74. The van der Waals surface area contributed by atoms with Crippen molar-refractivity contribution in [3.05, 3.63) is 21.7 Å². The van der Waals surface area contributed by atoms with E-state index in [0.29, 0.717) is 14.9 Å². The molecule has 0 aliphatic rings. The Bertz CT molecular complexity index is 512. The summed E-state index contributed by atoms with van der Waals surface area (Å²) < 4.78 is 0.574. The number of nitrogens with zero attached hydrogens (tertiary/aromatic N) is 1. The minimum absolute atomic E-state index is 0.0874. The van der Waals surface area contributed by atoms with Gasteiger partial charge in [0.05, 0.1) is 19.2 Å². The average Bonchev–Trinajstić information content (AvgIpc) is 2.64.